The quantitative estimate of drug-likeness (QED) is 0.290. The topological polar surface area (TPSA) is 80.3 Å². The van der Waals surface area contributed by atoms with Gasteiger partial charge in [0.25, 0.3) is 0 Å². The first-order valence-electron chi connectivity index (χ1n) is 0.667. The van der Waals surface area contributed by atoms with Crippen molar-refractivity contribution >= 4 is 60.8 Å². The molecule has 0 N–H and O–H groups in total. The van der Waals surface area contributed by atoms with Crippen LogP contribution in [-0.4, -0.2) is 67.9 Å². The van der Waals surface area contributed by atoms with Gasteiger partial charge in [0.1, 0.15) is 0 Å². The predicted molar refractivity (Wildman–Crippen MR) is 22.0 cm³/mol. The summed E-state index contributed by atoms with van der Waals surface area (Å²) in [5.74, 6) is 0. The number of hydrogen-bond donors (Lipinski definition) is 0. The van der Waals surface area contributed by atoms with Crippen molar-refractivity contribution in [3.8, 4) is 0 Å². The standard InChI is InChI=1S/Mg.H2O4S.Tl/c;1-5(2,3)4;/h;(H2,1,2,3,4);/q+2;;+1/p-2. The van der Waals surface area contributed by atoms with Gasteiger partial charge >= 0.3 is 50.4 Å². The fourth-order valence-electron chi connectivity index (χ4n) is 0. The van der Waals surface area contributed by atoms with Crippen LogP contribution in [0.25, 0.3) is 0 Å². The van der Waals surface area contributed by atoms with Crippen LogP contribution >= 0.6 is 0 Å². The molecule has 4 nitrogen and oxygen atoms in total. The van der Waals surface area contributed by atoms with Crippen LogP contribution in [0, 0.1) is 0 Å². The minimum Gasteiger partial charge on any atom is -0.759 e. The molecule has 7 heteroatoms. The van der Waals surface area contributed by atoms with Crippen LogP contribution in [0.15, 0.2) is 0 Å². The third-order valence-electron chi connectivity index (χ3n) is 0. The molecule has 0 saturated heterocycles. The smallest absolute Gasteiger partial charge is 0.759 e. The molecule has 0 aliphatic carbocycles. The van der Waals surface area contributed by atoms with E-state index in [2.05, 4.69) is 0 Å². The van der Waals surface area contributed by atoms with Gasteiger partial charge < -0.3 is 9.11 Å². The molecule has 0 fully saturated rings. The molecule has 0 unspecified atom stereocenters. The average Bonchev–Trinajstić information content (AvgIpc) is 0.722. The van der Waals surface area contributed by atoms with E-state index in [0.29, 0.717) is 0 Å². The Morgan fingerprint density at radius 1 is 1.14 bits per heavy atom. The van der Waals surface area contributed by atoms with Crippen molar-refractivity contribution in [1.29, 1.82) is 0 Å². The summed E-state index contributed by atoms with van der Waals surface area (Å²) in [5.41, 5.74) is 0. The van der Waals surface area contributed by atoms with E-state index in [4.69, 9.17) is 17.5 Å². The second-order valence-electron chi connectivity index (χ2n) is 0.408. The van der Waals surface area contributed by atoms with Gasteiger partial charge in [-0.1, -0.05) is 0 Å². The number of hydrogen-bond acceptors (Lipinski definition) is 4. The third-order valence-corrected chi connectivity index (χ3v) is 0. The molecule has 34 valence electrons. The van der Waals surface area contributed by atoms with E-state index in [1.165, 1.54) is 0 Å². The van der Waals surface area contributed by atoms with Crippen molar-refractivity contribution < 1.29 is 17.5 Å². The molecule has 0 spiro atoms. The van der Waals surface area contributed by atoms with Crippen molar-refractivity contribution in [2.75, 3.05) is 0 Å². The van der Waals surface area contributed by atoms with Gasteiger partial charge in [-0.15, -0.1) is 0 Å². The molecule has 0 bridgehead atoms. The Bertz CT molecular complexity index is 94.9. The molecule has 0 radical (unpaired) electrons. The largest absolute Gasteiger partial charge is 2.00 e. The maximum absolute atomic E-state index is 8.52. The molecule has 0 atom stereocenters. The first-order chi connectivity index (χ1) is 2.00. The van der Waals surface area contributed by atoms with E-state index in [-0.39, 0.29) is 50.4 Å². The van der Waals surface area contributed by atoms with E-state index in [9.17, 15) is 0 Å². The van der Waals surface area contributed by atoms with Gasteiger partial charge in [0.2, 0.25) is 0 Å². The van der Waals surface area contributed by atoms with Crippen LogP contribution in [-0.2, 0) is 10.4 Å². The first-order valence-corrected chi connectivity index (χ1v) is 2.00. The van der Waals surface area contributed by atoms with Crippen molar-refractivity contribution in [3.63, 3.8) is 0 Å². The zero-order valence-electron chi connectivity index (χ0n) is 3.33. The molecule has 0 aromatic heterocycles. The normalized spacial score (nSPS) is 8.29. The van der Waals surface area contributed by atoms with Crippen LogP contribution in [0.4, 0.5) is 0 Å². The summed E-state index contributed by atoms with van der Waals surface area (Å²) in [5, 5.41) is 0. The Labute approximate surface area is 77.6 Å². The SMILES string of the molecule is O=S(=O)([O-])[O-].[Mg+2].[Tl+]. The Kier molecular flexibility index (Phi) is 12.9. The maximum atomic E-state index is 8.52. The molecule has 0 amide bonds. The van der Waals surface area contributed by atoms with Gasteiger partial charge in [0, 0.05) is 10.4 Å². The summed E-state index contributed by atoms with van der Waals surface area (Å²) in [7, 11) is -5.17. The summed E-state index contributed by atoms with van der Waals surface area (Å²) < 4.78 is 34.1. The molecule has 0 heterocycles. The minimum atomic E-state index is -5.17. The molecule has 0 rings (SSSR count). The van der Waals surface area contributed by atoms with Crippen LogP contribution in [0.3, 0.4) is 0 Å². The Balaban J connectivity index is -0.0000000800. The van der Waals surface area contributed by atoms with E-state index < -0.39 is 10.4 Å². The Morgan fingerprint density at radius 2 is 1.14 bits per heavy atom. The second-order valence-corrected chi connectivity index (χ2v) is 1.22. The van der Waals surface area contributed by atoms with Crippen molar-refractivity contribution in [2.24, 2.45) is 0 Å². The van der Waals surface area contributed by atoms with Crippen LogP contribution in [0.2, 0.25) is 0 Å². The predicted octanol–water partition coefficient (Wildman–Crippen LogP) is -2.10. The fraction of sp³-hybridized carbons (Fsp3) is 0. The molecule has 0 aliphatic heterocycles. The van der Waals surface area contributed by atoms with Crippen LogP contribution < -0.4 is 0 Å². The third kappa shape index (κ3) is 96.2. The molecule has 0 aliphatic rings. The van der Waals surface area contributed by atoms with E-state index in [1.54, 1.807) is 0 Å². The Morgan fingerprint density at radius 3 is 1.14 bits per heavy atom. The monoisotopic (exact) mass is 325 g/mol. The van der Waals surface area contributed by atoms with Crippen molar-refractivity contribution in [2.45, 2.75) is 0 Å². The fourth-order valence-corrected chi connectivity index (χ4v) is 0. The van der Waals surface area contributed by atoms with Gasteiger partial charge in [0.05, 0.1) is 0 Å². The Hall–Kier alpha value is 1.56. The first kappa shape index (κ1) is 15.8. The zero-order chi connectivity index (χ0) is 4.50. The molecular weight excluding hydrogens is 325 g/mol. The average molecular weight is 325 g/mol. The summed E-state index contributed by atoms with van der Waals surface area (Å²) in [6.07, 6.45) is 0. The van der Waals surface area contributed by atoms with Crippen molar-refractivity contribution in [3.05, 3.63) is 0 Å². The summed E-state index contributed by atoms with van der Waals surface area (Å²) in [6.45, 7) is 0. The van der Waals surface area contributed by atoms with E-state index >= 15 is 0 Å². The molecule has 0 saturated carbocycles. The van der Waals surface area contributed by atoms with Crippen molar-refractivity contribution in [1.82, 2.24) is 0 Å². The minimum absolute atomic E-state index is 0. The van der Waals surface area contributed by atoms with Gasteiger partial charge in [-0.05, 0) is 0 Å². The van der Waals surface area contributed by atoms with Gasteiger partial charge in [-0.2, -0.15) is 0 Å². The molecule has 7 heavy (non-hydrogen) atoms. The molecular formula is MgO4STl+. The summed E-state index contributed by atoms with van der Waals surface area (Å²) in [6, 6.07) is 0. The number of rotatable bonds is 0. The van der Waals surface area contributed by atoms with E-state index in [1.807, 2.05) is 0 Å². The van der Waals surface area contributed by atoms with Gasteiger partial charge in [-0.3, -0.25) is 8.42 Å². The molecule has 0 aromatic carbocycles. The van der Waals surface area contributed by atoms with Gasteiger partial charge in [0.15, 0.2) is 0 Å². The molecule has 0 aromatic rings. The second kappa shape index (κ2) is 5.69. The zero-order valence-corrected chi connectivity index (χ0v) is 10.0. The van der Waals surface area contributed by atoms with Gasteiger partial charge in [-0.25, -0.2) is 0 Å². The van der Waals surface area contributed by atoms with Crippen LogP contribution in [0.5, 0.6) is 0 Å². The van der Waals surface area contributed by atoms with Crippen LogP contribution in [0.1, 0.15) is 0 Å². The maximum Gasteiger partial charge on any atom is 2.00 e. The summed E-state index contributed by atoms with van der Waals surface area (Å²) >= 11 is 0. The summed E-state index contributed by atoms with van der Waals surface area (Å²) in [4.78, 5) is 0. The van der Waals surface area contributed by atoms with E-state index in [0.717, 1.165) is 0 Å².